The van der Waals surface area contributed by atoms with E-state index in [1.54, 1.807) is 12.0 Å². The van der Waals surface area contributed by atoms with Crippen molar-refractivity contribution in [3.8, 4) is 5.75 Å². The maximum absolute atomic E-state index is 12.6. The molecule has 1 amide bonds. The quantitative estimate of drug-likeness (QED) is 0.821. The molecular formula is C16H24N2O3. The van der Waals surface area contributed by atoms with E-state index in [1.807, 2.05) is 24.3 Å². The lowest BCUT2D eigenvalue weighted by atomic mass is 9.98. The van der Waals surface area contributed by atoms with E-state index >= 15 is 0 Å². The summed E-state index contributed by atoms with van der Waals surface area (Å²) in [5, 5.41) is 12.5. The van der Waals surface area contributed by atoms with Gasteiger partial charge in [-0.25, -0.2) is 0 Å². The van der Waals surface area contributed by atoms with Gasteiger partial charge in [-0.2, -0.15) is 0 Å². The summed E-state index contributed by atoms with van der Waals surface area (Å²) in [6, 6.07) is 7.68. The van der Waals surface area contributed by atoms with E-state index in [0.717, 1.165) is 37.2 Å². The van der Waals surface area contributed by atoms with Crippen LogP contribution in [-0.2, 0) is 11.3 Å². The number of aliphatic hydroxyl groups excluding tert-OH is 1. The topological polar surface area (TPSA) is 61.8 Å². The number of hydrogen-bond donors (Lipinski definition) is 2. The molecule has 1 aromatic rings. The molecule has 0 saturated carbocycles. The summed E-state index contributed by atoms with van der Waals surface area (Å²) in [5.41, 5.74) is 0.963. The molecule has 1 aliphatic rings. The molecule has 0 unspecified atom stereocenters. The number of amides is 1. The highest BCUT2D eigenvalue weighted by atomic mass is 16.5. The average Bonchev–Trinajstić information content (AvgIpc) is 2.55. The van der Waals surface area contributed by atoms with Crippen molar-refractivity contribution in [1.82, 2.24) is 10.2 Å². The number of aliphatic hydroxyl groups is 1. The van der Waals surface area contributed by atoms with E-state index in [2.05, 4.69) is 5.32 Å². The zero-order valence-electron chi connectivity index (χ0n) is 12.5. The zero-order valence-corrected chi connectivity index (χ0v) is 12.5. The molecule has 1 atom stereocenters. The highest BCUT2D eigenvalue weighted by molar-refractivity contribution is 5.79. The third-order valence-corrected chi connectivity index (χ3v) is 3.88. The molecule has 0 spiro atoms. The minimum atomic E-state index is -0.0267. The van der Waals surface area contributed by atoms with Gasteiger partial charge in [0.1, 0.15) is 5.75 Å². The molecular weight excluding hydrogens is 268 g/mol. The lowest BCUT2D eigenvalue weighted by Crippen LogP contribution is -2.43. The van der Waals surface area contributed by atoms with Gasteiger partial charge in [0.2, 0.25) is 5.91 Å². The molecule has 0 bridgehead atoms. The Kier molecular flexibility index (Phi) is 6.02. The van der Waals surface area contributed by atoms with Crippen LogP contribution in [0.4, 0.5) is 0 Å². The van der Waals surface area contributed by atoms with Crippen molar-refractivity contribution >= 4 is 5.91 Å². The summed E-state index contributed by atoms with van der Waals surface area (Å²) >= 11 is 0. The lowest BCUT2D eigenvalue weighted by Gasteiger charge is -2.29. The Morgan fingerprint density at radius 3 is 2.95 bits per heavy atom. The predicted molar refractivity (Wildman–Crippen MR) is 81.1 cm³/mol. The fourth-order valence-electron chi connectivity index (χ4n) is 2.75. The van der Waals surface area contributed by atoms with Crippen LogP contribution in [-0.4, -0.2) is 49.3 Å². The van der Waals surface area contributed by atoms with Crippen molar-refractivity contribution in [2.75, 3.05) is 33.4 Å². The lowest BCUT2D eigenvalue weighted by molar-refractivity contribution is -0.137. The molecule has 2 N–H and O–H groups in total. The van der Waals surface area contributed by atoms with Crippen molar-refractivity contribution in [1.29, 1.82) is 0 Å². The molecule has 0 aliphatic carbocycles. The van der Waals surface area contributed by atoms with Crippen LogP contribution in [0.5, 0.6) is 5.75 Å². The normalized spacial score (nSPS) is 18.3. The third-order valence-electron chi connectivity index (χ3n) is 3.88. The van der Waals surface area contributed by atoms with Crippen LogP contribution < -0.4 is 10.1 Å². The minimum absolute atomic E-state index is 0.0139. The van der Waals surface area contributed by atoms with Gasteiger partial charge in [0.15, 0.2) is 0 Å². The van der Waals surface area contributed by atoms with Crippen molar-refractivity contribution in [2.45, 2.75) is 19.4 Å². The molecule has 1 fully saturated rings. The van der Waals surface area contributed by atoms with E-state index in [-0.39, 0.29) is 18.4 Å². The molecule has 1 saturated heterocycles. The summed E-state index contributed by atoms with van der Waals surface area (Å²) in [6.45, 7) is 2.51. The first-order valence-corrected chi connectivity index (χ1v) is 7.48. The number of benzene rings is 1. The first-order chi connectivity index (χ1) is 10.3. The number of methoxy groups -OCH3 is 1. The SMILES string of the molecule is COc1ccccc1CN(CCO)C(=O)[C@@H]1CCCNC1. The van der Waals surface area contributed by atoms with Crippen LogP contribution in [0.25, 0.3) is 0 Å². The van der Waals surface area contributed by atoms with Gasteiger partial charge >= 0.3 is 0 Å². The summed E-state index contributed by atoms with van der Waals surface area (Å²) in [5.74, 6) is 0.900. The number of piperidine rings is 1. The Hall–Kier alpha value is -1.59. The molecule has 21 heavy (non-hydrogen) atoms. The Labute approximate surface area is 125 Å². The molecule has 1 aromatic carbocycles. The average molecular weight is 292 g/mol. The largest absolute Gasteiger partial charge is 0.496 e. The maximum atomic E-state index is 12.6. The second-order valence-electron chi connectivity index (χ2n) is 5.34. The van der Waals surface area contributed by atoms with Crippen molar-refractivity contribution in [2.24, 2.45) is 5.92 Å². The molecule has 2 rings (SSSR count). The van der Waals surface area contributed by atoms with Crippen LogP contribution in [0.3, 0.4) is 0 Å². The number of rotatable bonds is 6. The smallest absolute Gasteiger partial charge is 0.227 e. The first kappa shape index (κ1) is 15.8. The second kappa shape index (κ2) is 8.00. The third kappa shape index (κ3) is 4.19. The van der Waals surface area contributed by atoms with Gasteiger partial charge in [-0.1, -0.05) is 18.2 Å². The number of para-hydroxylation sites is 1. The van der Waals surface area contributed by atoms with E-state index in [4.69, 9.17) is 4.74 Å². The molecule has 0 radical (unpaired) electrons. The van der Waals surface area contributed by atoms with Gasteiger partial charge in [0.05, 0.1) is 19.6 Å². The van der Waals surface area contributed by atoms with E-state index in [1.165, 1.54) is 0 Å². The highest BCUT2D eigenvalue weighted by Gasteiger charge is 2.26. The Morgan fingerprint density at radius 1 is 1.48 bits per heavy atom. The number of nitrogens with one attached hydrogen (secondary N) is 1. The summed E-state index contributed by atoms with van der Waals surface area (Å²) in [7, 11) is 1.63. The Morgan fingerprint density at radius 2 is 2.29 bits per heavy atom. The summed E-state index contributed by atoms with van der Waals surface area (Å²) < 4.78 is 5.34. The number of ether oxygens (including phenoxy) is 1. The number of nitrogens with zero attached hydrogens (tertiary/aromatic N) is 1. The zero-order chi connectivity index (χ0) is 15.1. The summed E-state index contributed by atoms with van der Waals surface area (Å²) in [4.78, 5) is 14.4. The predicted octanol–water partition coefficient (Wildman–Crippen LogP) is 1.02. The minimum Gasteiger partial charge on any atom is -0.496 e. The van der Waals surface area contributed by atoms with E-state index in [9.17, 15) is 9.90 Å². The maximum Gasteiger partial charge on any atom is 0.227 e. The fourth-order valence-corrected chi connectivity index (χ4v) is 2.75. The Bertz CT molecular complexity index is 459. The molecule has 1 heterocycles. The monoisotopic (exact) mass is 292 g/mol. The van der Waals surface area contributed by atoms with E-state index < -0.39 is 0 Å². The standard InChI is InChI=1S/C16H24N2O3/c1-21-15-7-3-2-5-14(15)12-18(9-10-19)16(20)13-6-4-8-17-11-13/h2-3,5,7,13,17,19H,4,6,8-12H2,1H3/t13-/m1/s1. The van der Waals surface area contributed by atoms with E-state index in [0.29, 0.717) is 13.1 Å². The number of hydrogen-bond acceptors (Lipinski definition) is 4. The molecule has 1 aliphatic heterocycles. The van der Waals surface area contributed by atoms with Crippen LogP contribution in [0.1, 0.15) is 18.4 Å². The van der Waals surface area contributed by atoms with Crippen LogP contribution in [0, 0.1) is 5.92 Å². The van der Waals surface area contributed by atoms with Gasteiger partial charge in [0.25, 0.3) is 0 Å². The van der Waals surface area contributed by atoms with Gasteiger partial charge in [0, 0.05) is 25.2 Å². The van der Waals surface area contributed by atoms with Crippen molar-refractivity contribution in [3.05, 3.63) is 29.8 Å². The first-order valence-electron chi connectivity index (χ1n) is 7.48. The number of carbonyl (C=O) groups is 1. The summed E-state index contributed by atoms with van der Waals surface area (Å²) in [6.07, 6.45) is 1.94. The van der Waals surface area contributed by atoms with Gasteiger partial charge in [-0.15, -0.1) is 0 Å². The number of carbonyl (C=O) groups excluding carboxylic acids is 1. The highest BCUT2D eigenvalue weighted by Crippen LogP contribution is 2.21. The molecule has 5 nitrogen and oxygen atoms in total. The van der Waals surface area contributed by atoms with Gasteiger partial charge in [-0.05, 0) is 25.5 Å². The van der Waals surface area contributed by atoms with Crippen LogP contribution in [0.2, 0.25) is 0 Å². The van der Waals surface area contributed by atoms with Gasteiger partial charge in [-0.3, -0.25) is 4.79 Å². The van der Waals surface area contributed by atoms with Crippen LogP contribution >= 0.6 is 0 Å². The second-order valence-corrected chi connectivity index (χ2v) is 5.34. The molecule has 116 valence electrons. The van der Waals surface area contributed by atoms with Crippen molar-refractivity contribution in [3.63, 3.8) is 0 Å². The van der Waals surface area contributed by atoms with Crippen molar-refractivity contribution < 1.29 is 14.6 Å². The Balaban J connectivity index is 2.08. The molecule has 0 aromatic heterocycles. The molecule has 5 heteroatoms. The fraction of sp³-hybridized carbons (Fsp3) is 0.562. The van der Waals surface area contributed by atoms with Gasteiger partial charge < -0.3 is 20.1 Å². The van der Waals surface area contributed by atoms with Crippen LogP contribution in [0.15, 0.2) is 24.3 Å².